The fraction of sp³-hybridized carbons (Fsp3) is 0.909. The van der Waals surface area contributed by atoms with Crippen LogP contribution >= 0.6 is 0 Å². The van der Waals surface area contributed by atoms with Crippen LogP contribution in [0.25, 0.3) is 0 Å². The van der Waals surface area contributed by atoms with Crippen LogP contribution in [0.1, 0.15) is 33.6 Å². The Bertz CT molecular complexity index is 201. The molecule has 1 heterocycles. The van der Waals surface area contributed by atoms with Gasteiger partial charge in [-0.05, 0) is 19.3 Å². The van der Waals surface area contributed by atoms with Gasteiger partial charge in [0, 0.05) is 25.4 Å². The van der Waals surface area contributed by atoms with Gasteiger partial charge in [-0.2, -0.15) is 0 Å². The van der Waals surface area contributed by atoms with E-state index in [-0.39, 0.29) is 17.9 Å². The Kier molecular flexibility index (Phi) is 3.93. The molecule has 82 valence electrons. The van der Waals surface area contributed by atoms with Gasteiger partial charge in [0.1, 0.15) is 0 Å². The van der Waals surface area contributed by atoms with Crippen LogP contribution in [-0.4, -0.2) is 35.1 Å². The summed E-state index contributed by atoms with van der Waals surface area (Å²) in [5.41, 5.74) is 0. The summed E-state index contributed by atoms with van der Waals surface area (Å²) < 4.78 is 0. The molecule has 1 N–H and O–H groups in total. The molecule has 3 heteroatoms. The van der Waals surface area contributed by atoms with E-state index < -0.39 is 0 Å². The molecule has 0 aromatic carbocycles. The molecule has 1 amide bonds. The molecule has 3 nitrogen and oxygen atoms in total. The van der Waals surface area contributed by atoms with E-state index in [1.54, 1.807) is 6.92 Å². The lowest BCUT2D eigenvalue weighted by Crippen LogP contribution is -2.31. The summed E-state index contributed by atoms with van der Waals surface area (Å²) in [6.07, 6.45) is 1.29. The summed E-state index contributed by atoms with van der Waals surface area (Å²) in [4.78, 5) is 13.6. The van der Waals surface area contributed by atoms with Crippen molar-refractivity contribution in [2.45, 2.75) is 39.7 Å². The molecule has 1 fully saturated rings. The molecule has 0 spiro atoms. The minimum absolute atomic E-state index is 0.239. The first-order valence-corrected chi connectivity index (χ1v) is 5.46. The summed E-state index contributed by atoms with van der Waals surface area (Å²) in [6.45, 7) is 7.48. The monoisotopic (exact) mass is 199 g/mol. The highest BCUT2D eigenvalue weighted by atomic mass is 16.3. The molecule has 14 heavy (non-hydrogen) atoms. The zero-order valence-corrected chi connectivity index (χ0v) is 9.36. The number of rotatable bonds is 3. The molecule has 1 aliphatic heterocycles. The van der Waals surface area contributed by atoms with Gasteiger partial charge in [0.25, 0.3) is 0 Å². The standard InChI is InChI=1S/C11H21NO2/c1-8(2)6-11(14)12-5-4-10(7-12)9(3)13/h8-10,13H,4-7H2,1-3H3. The summed E-state index contributed by atoms with van der Waals surface area (Å²) in [7, 11) is 0. The van der Waals surface area contributed by atoms with E-state index in [1.807, 2.05) is 4.90 Å². The number of hydrogen-bond donors (Lipinski definition) is 1. The Balaban J connectivity index is 2.38. The molecule has 0 radical (unpaired) electrons. The number of nitrogens with zero attached hydrogens (tertiary/aromatic N) is 1. The van der Waals surface area contributed by atoms with Crippen molar-refractivity contribution in [3.8, 4) is 0 Å². The Hall–Kier alpha value is -0.570. The zero-order chi connectivity index (χ0) is 10.7. The van der Waals surface area contributed by atoms with Gasteiger partial charge in [0.15, 0.2) is 0 Å². The zero-order valence-electron chi connectivity index (χ0n) is 9.36. The first kappa shape index (κ1) is 11.5. The molecule has 0 aliphatic carbocycles. The minimum atomic E-state index is -0.285. The lowest BCUT2D eigenvalue weighted by molar-refractivity contribution is -0.131. The Labute approximate surface area is 86.1 Å². The van der Waals surface area contributed by atoms with Crippen LogP contribution in [0, 0.1) is 11.8 Å². The van der Waals surface area contributed by atoms with E-state index in [0.717, 1.165) is 19.5 Å². The summed E-state index contributed by atoms with van der Waals surface area (Å²) in [5, 5.41) is 9.40. The van der Waals surface area contributed by atoms with E-state index in [1.165, 1.54) is 0 Å². The van der Waals surface area contributed by atoms with Crippen molar-refractivity contribution in [2.24, 2.45) is 11.8 Å². The quantitative estimate of drug-likeness (QED) is 0.743. The second kappa shape index (κ2) is 4.78. The second-order valence-corrected chi connectivity index (χ2v) is 4.73. The first-order valence-electron chi connectivity index (χ1n) is 5.46. The lowest BCUT2D eigenvalue weighted by atomic mass is 10.0. The highest BCUT2D eigenvalue weighted by molar-refractivity contribution is 5.76. The van der Waals surface area contributed by atoms with Gasteiger partial charge in [-0.1, -0.05) is 13.8 Å². The van der Waals surface area contributed by atoms with E-state index in [4.69, 9.17) is 0 Å². The van der Waals surface area contributed by atoms with Crippen molar-refractivity contribution in [1.82, 2.24) is 4.90 Å². The maximum atomic E-state index is 11.7. The number of aliphatic hydroxyl groups is 1. The van der Waals surface area contributed by atoms with E-state index in [9.17, 15) is 9.90 Å². The molecular weight excluding hydrogens is 178 g/mol. The number of likely N-dealkylation sites (tertiary alicyclic amines) is 1. The van der Waals surface area contributed by atoms with Gasteiger partial charge >= 0.3 is 0 Å². The van der Waals surface area contributed by atoms with E-state index >= 15 is 0 Å². The fourth-order valence-electron chi connectivity index (χ4n) is 1.89. The lowest BCUT2D eigenvalue weighted by Gasteiger charge is -2.18. The third kappa shape index (κ3) is 2.98. The van der Waals surface area contributed by atoms with Crippen LogP contribution in [-0.2, 0) is 4.79 Å². The number of hydrogen-bond acceptors (Lipinski definition) is 2. The number of carbonyl (C=O) groups excluding carboxylic acids is 1. The maximum absolute atomic E-state index is 11.7. The molecule has 1 saturated heterocycles. The average molecular weight is 199 g/mol. The van der Waals surface area contributed by atoms with Crippen molar-refractivity contribution in [2.75, 3.05) is 13.1 Å². The second-order valence-electron chi connectivity index (χ2n) is 4.73. The highest BCUT2D eigenvalue weighted by Gasteiger charge is 2.28. The predicted octanol–water partition coefficient (Wildman–Crippen LogP) is 1.26. The van der Waals surface area contributed by atoms with Crippen LogP contribution in [0.4, 0.5) is 0 Å². The largest absolute Gasteiger partial charge is 0.393 e. The fourth-order valence-corrected chi connectivity index (χ4v) is 1.89. The molecule has 0 aromatic heterocycles. The summed E-state index contributed by atoms with van der Waals surface area (Å²) >= 11 is 0. The van der Waals surface area contributed by atoms with Gasteiger partial charge in [-0.3, -0.25) is 4.79 Å². The van der Waals surface area contributed by atoms with Crippen molar-refractivity contribution in [1.29, 1.82) is 0 Å². The Morgan fingerprint density at radius 1 is 1.50 bits per heavy atom. The molecular formula is C11H21NO2. The number of amides is 1. The average Bonchev–Trinajstić information content (AvgIpc) is 2.50. The highest BCUT2D eigenvalue weighted by Crippen LogP contribution is 2.20. The van der Waals surface area contributed by atoms with Crippen molar-refractivity contribution >= 4 is 5.91 Å². The summed E-state index contributed by atoms with van der Waals surface area (Å²) in [6, 6.07) is 0. The smallest absolute Gasteiger partial charge is 0.222 e. The molecule has 1 rings (SSSR count). The van der Waals surface area contributed by atoms with Crippen molar-refractivity contribution in [3.05, 3.63) is 0 Å². The SMILES string of the molecule is CC(C)CC(=O)N1CCC(C(C)O)C1. The molecule has 0 saturated carbocycles. The van der Waals surface area contributed by atoms with Gasteiger partial charge in [-0.15, -0.1) is 0 Å². The van der Waals surface area contributed by atoms with Gasteiger partial charge in [0.2, 0.25) is 5.91 Å². The molecule has 2 unspecified atom stereocenters. The Morgan fingerprint density at radius 2 is 2.14 bits per heavy atom. The van der Waals surface area contributed by atoms with Gasteiger partial charge in [-0.25, -0.2) is 0 Å². The minimum Gasteiger partial charge on any atom is -0.393 e. The maximum Gasteiger partial charge on any atom is 0.222 e. The van der Waals surface area contributed by atoms with Crippen molar-refractivity contribution in [3.63, 3.8) is 0 Å². The normalized spacial score (nSPS) is 24.4. The van der Waals surface area contributed by atoms with Crippen LogP contribution in [0.5, 0.6) is 0 Å². The first-order chi connectivity index (χ1) is 6.50. The molecule has 0 aromatic rings. The topological polar surface area (TPSA) is 40.5 Å². The Morgan fingerprint density at radius 3 is 2.57 bits per heavy atom. The summed E-state index contributed by atoms with van der Waals surface area (Å²) in [5.74, 6) is 0.947. The van der Waals surface area contributed by atoms with Crippen molar-refractivity contribution < 1.29 is 9.90 Å². The third-order valence-electron chi connectivity index (χ3n) is 2.84. The molecule has 0 bridgehead atoms. The third-order valence-corrected chi connectivity index (χ3v) is 2.84. The predicted molar refractivity (Wildman–Crippen MR) is 55.8 cm³/mol. The van der Waals surface area contributed by atoms with Crippen LogP contribution in [0.3, 0.4) is 0 Å². The van der Waals surface area contributed by atoms with Crippen LogP contribution in [0.15, 0.2) is 0 Å². The van der Waals surface area contributed by atoms with E-state index in [0.29, 0.717) is 12.3 Å². The van der Waals surface area contributed by atoms with E-state index in [2.05, 4.69) is 13.8 Å². The van der Waals surface area contributed by atoms with Crippen LogP contribution < -0.4 is 0 Å². The molecule has 2 atom stereocenters. The van der Waals surface area contributed by atoms with Crippen LogP contribution in [0.2, 0.25) is 0 Å². The number of carbonyl (C=O) groups is 1. The van der Waals surface area contributed by atoms with Gasteiger partial charge < -0.3 is 10.0 Å². The van der Waals surface area contributed by atoms with Gasteiger partial charge in [0.05, 0.1) is 6.10 Å². The molecule has 1 aliphatic rings. The number of aliphatic hydroxyl groups excluding tert-OH is 1.